The van der Waals surface area contributed by atoms with E-state index >= 15 is 0 Å². The van der Waals surface area contributed by atoms with Crippen LogP contribution in [0, 0.1) is 5.82 Å². The lowest BCUT2D eigenvalue weighted by Gasteiger charge is -2.07. The first-order valence-corrected chi connectivity index (χ1v) is 8.14. The van der Waals surface area contributed by atoms with Gasteiger partial charge in [-0.3, -0.25) is 0 Å². The predicted molar refractivity (Wildman–Crippen MR) is 92.3 cm³/mol. The Hall–Kier alpha value is -2.72. The smallest absolute Gasteiger partial charge is 0.123 e. The fraction of sp³-hybridized carbons (Fsp3) is 0. The normalized spacial score (nSPS) is 10.8. The fourth-order valence-corrected chi connectivity index (χ4v) is 3.20. The maximum atomic E-state index is 13.2. The number of nitrogens with zero attached hydrogens (tertiary/aromatic N) is 2. The summed E-state index contributed by atoms with van der Waals surface area (Å²) < 4.78 is 15.1. The highest BCUT2D eigenvalue weighted by molar-refractivity contribution is 7.13. The van der Waals surface area contributed by atoms with Crippen molar-refractivity contribution in [1.29, 1.82) is 0 Å². The lowest BCUT2D eigenvalue weighted by atomic mass is 10.1. The monoisotopic (exact) mass is 320 g/mol. The Morgan fingerprint density at radius 3 is 2.35 bits per heavy atom. The largest absolute Gasteiger partial charge is 0.232 e. The molecule has 0 bridgehead atoms. The summed E-state index contributed by atoms with van der Waals surface area (Å²) in [6.45, 7) is 0. The zero-order valence-electron chi connectivity index (χ0n) is 12.2. The summed E-state index contributed by atoms with van der Waals surface area (Å²) in [5.74, 6) is -0.249. The molecule has 2 aromatic heterocycles. The summed E-state index contributed by atoms with van der Waals surface area (Å²) in [6.07, 6.45) is 0. The van der Waals surface area contributed by atoms with Crippen molar-refractivity contribution in [2.45, 2.75) is 0 Å². The summed E-state index contributed by atoms with van der Waals surface area (Å²) >= 11 is 1.66. The van der Waals surface area contributed by atoms with E-state index in [1.54, 1.807) is 23.5 Å². The van der Waals surface area contributed by atoms with Crippen molar-refractivity contribution in [1.82, 2.24) is 9.78 Å². The van der Waals surface area contributed by atoms with Crippen LogP contribution in [0.2, 0.25) is 0 Å². The van der Waals surface area contributed by atoms with Crippen LogP contribution in [0.5, 0.6) is 0 Å². The van der Waals surface area contributed by atoms with E-state index in [4.69, 9.17) is 5.10 Å². The second kappa shape index (κ2) is 5.82. The Kier molecular flexibility index (Phi) is 3.52. The maximum Gasteiger partial charge on any atom is 0.123 e. The van der Waals surface area contributed by atoms with Crippen molar-refractivity contribution >= 4 is 11.3 Å². The second-order valence-electron chi connectivity index (χ2n) is 5.15. The number of aromatic nitrogens is 2. The van der Waals surface area contributed by atoms with E-state index in [1.807, 2.05) is 34.3 Å². The fourth-order valence-electron chi connectivity index (χ4n) is 2.52. The van der Waals surface area contributed by atoms with Gasteiger partial charge in [-0.05, 0) is 41.8 Å². The van der Waals surface area contributed by atoms with Crippen LogP contribution in [0.15, 0.2) is 78.2 Å². The molecule has 4 rings (SSSR count). The van der Waals surface area contributed by atoms with Gasteiger partial charge in [0.1, 0.15) is 11.5 Å². The number of hydrogen-bond donors (Lipinski definition) is 0. The Balaban J connectivity index is 1.90. The minimum atomic E-state index is -0.249. The minimum absolute atomic E-state index is 0.249. The average molecular weight is 320 g/mol. The van der Waals surface area contributed by atoms with Gasteiger partial charge >= 0.3 is 0 Å². The molecule has 0 spiro atoms. The molecule has 2 heterocycles. The van der Waals surface area contributed by atoms with Gasteiger partial charge in [0, 0.05) is 5.56 Å². The van der Waals surface area contributed by atoms with Crippen molar-refractivity contribution < 1.29 is 4.39 Å². The van der Waals surface area contributed by atoms with E-state index < -0.39 is 0 Å². The van der Waals surface area contributed by atoms with Crippen LogP contribution in [0.25, 0.3) is 27.5 Å². The molecule has 0 saturated heterocycles. The summed E-state index contributed by atoms with van der Waals surface area (Å²) in [5, 5.41) is 6.77. The summed E-state index contributed by atoms with van der Waals surface area (Å²) in [6, 6.07) is 22.6. The molecule has 0 fully saturated rings. The number of hydrogen-bond acceptors (Lipinski definition) is 2. The van der Waals surface area contributed by atoms with Gasteiger partial charge in [-0.2, -0.15) is 5.10 Å². The van der Waals surface area contributed by atoms with Crippen molar-refractivity contribution in [2.75, 3.05) is 0 Å². The first-order chi connectivity index (χ1) is 11.3. The van der Waals surface area contributed by atoms with E-state index in [2.05, 4.69) is 24.3 Å². The van der Waals surface area contributed by atoms with Crippen LogP contribution in [0.3, 0.4) is 0 Å². The van der Waals surface area contributed by atoms with E-state index in [1.165, 1.54) is 12.1 Å². The molecule has 0 amide bonds. The van der Waals surface area contributed by atoms with E-state index in [0.717, 1.165) is 27.5 Å². The standard InChI is InChI=1S/C19H13FN2S/c20-15-8-10-16(11-9-15)22-18(14-5-2-1-3-6-14)13-17(21-22)19-7-4-12-23-19/h1-13H. The number of rotatable bonds is 3. The molecule has 4 heteroatoms. The Morgan fingerprint density at radius 1 is 0.870 bits per heavy atom. The molecular formula is C19H13FN2S. The van der Waals surface area contributed by atoms with Crippen molar-refractivity contribution in [3.63, 3.8) is 0 Å². The molecule has 0 saturated carbocycles. The number of thiophene rings is 1. The molecule has 4 aromatic rings. The second-order valence-corrected chi connectivity index (χ2v) is 6.09. The van der Waals surface area contributed by atoms with Gasteiger partial charge in [0.2, 0.25) is 0 Å². The van der Waals surface area contributed by atoms with Crippen molar-refractivity contribution in [3.05, 3.63) is 84.0 Å². The van der Waals surface area contributed by atoms with Crippen molar-refractivity contribution in [3.8, 4) is 27.5 Å². The topological polar surface area (TPSA) is 17.8 Å². The van der Waals surface area contributed by atoms with Crippen LogP contribution in [-0.4, -0.2) is 9.78 Å². The highest BCUT2D eigenvalue weighted by Crippen LogP contribution is 2.30. The number of benzene rings is 2. The van der Waals surface area contributed by atoms with Gasteiger partial charge in [-0.25, -0.2) is 9.07 Å². The third kappa shape index (κ3) is 2.69. The molecule has 0 radical (unpaired) electrons. The van der Waals surface area contributed by atoms with Gasteiger partial charge in [-0.1, -0.05) is 36.4 Å². The molecule has 0 atom stereocenters. The molecule has 0 aliphatic rings. The van der Waals surface area contributed by atoms with Crippen molar-refractivity contribution in [2.24, 2.45) is 0 Å². The first-order valence-electron chi connectivity index (χ1n) is 7.26. The first kappa shape index (κ1) is 13.9. The van der Waals surface area contributed by atoms with Gasteiger partial charge in [0.15, 0.2) is 0 Å². The zero-order chi connectivity index (χ0) is 15.6. The highest BCUT2D eigenvalue weighted by atomic mass is 32.1. The molecule has 0 N–H and O–H groups in total. The van der Waals surface area contributed by atoms with Crippen LogP contribution in [0.4, 0.5) is 4.39 Å². The minimum Gasteiger partial charge on any atom is -0.232 e. The molecule has 112 valence electrons. The predicted octanol–water partition coefficient (Wildman–Crippen LogP) is 5.41. The third-order valence-electron chi connectivity index (χ3n) is 3.62. The summed E-state index contributed by atoms with van der Waals surface area (Å²) in [4.78, 5) is 1.11. The Morgan fingerprint density at radius 2 is 1.65 bits per heavy atom. The molecule has 2 nitrogen and oxygen atoms in total. The van der Waals surface area contributed by atoms with E-state index in [-0.39, 0.29) is 5.82 Å². The Labute approximate surface area is 137 Å². The molecule has 23 heavy (non-hydrogen) atoms. The highest BCUT2D eigenvalue weighted by Gasteiger charge is 2.13. The maximum absolute atomic E-state index is 13.2. The lowest BCUT2D eigenvalue weighted by molar-refractivity contribution is 0.627. The quantitative estimate of drug-likeness (QED) is 0.494. The van der Waals surface area contributed by atoms with Crippen LogP contribution in [0.1, 0.15) is 0 Å². The average Bonchev–Trinajstić information content (AvgIpc) is 3.26. The summed E-state index contributed by atoms with van der Waals surface area (Å²) in [7, 11) is 0. The molecule has 0 unspecified atom stereocenters. The zero-order valence-corrected chi connectivity index (χ0v) is 13.0. The molecule has 0 aliphatic carbocycles. The molecular weight excluding hydrogens is 307 g/mol. The molecule has 0 aliphatic heterocycles. The molecule has 2 aromatic carbocycles. The van der Waals surface area contributed by atoms with Gasteiger partial charge in [-0.15, -0.1) is 11.3 Å². The van der Waals surface area contributed by atoms with Crippen LogP contribution in [-0.2, 0) is 0 Å². The summed E-state index contributed by atoms with van der Waals surface area (Å²) in [5.41, 5.74) is 3.82. The van der Waals surface area contributed by atoms with Gasteiger partial charge < -0.3 is 0 Å². The van der Waals surface area contributed by atoms with E-state index in [9.17, 15) is 4.39 Å². The lowest BCUT2D eigenvalue weighted by Crippen LogP contribution is -1.99. The van der Waals surface area contributed by atoms with Gasteiger partial charge in [0.05, 0.1) is 16.3 Å². The van der Waals surface area contributed by atoms with Gasteiger partial charge in [0.25, 0.3) is 0 Å². The Bertz CT molecular complexity index is 910. The van der Waals surface area contributed by atoms with E-state index in [0.29, 0.717) is 0 Å². The SMILES string of the molecule is Fc1ccc(-n2nc(-c3cccs3)cc2-c2ccccc2)cc1. The van der Waals surface area contributed by atoms with Crippen LogP contribution < -0.4 is 0 Å². The third-order valence-corrected chi connectivity index (χ3v) is 4.52. The van der Waals surface area contributed by atoms with Crippen LogP contribution >= 0.6 is 11.3 Å². The number of halogens is 1.